The summed E-state index contributed by atoms with van der Waals surface area (Å²) < 4.78 is 5.96. The molecule has 0 radical (unpaired) electrons. The van der Waals surface area contributed by atoms with Crippen LogP contribution >= 0.6 is 0 Å². The van der Waals surface area contributed by atoms with Gasteiger partial charge >= 0.3 is 0 Å². The molecule has 150 valence electrons. The van der Waals surface area contributed by atoms with E-state index in [1.54, 1.807) is 0 Å². The maximum Gasteiger partial charge on any atom is 0.151 e. The minimum atomic E-state index is 0.0860. The number of hydrogen-bond donors (Lipinski definition) is 0. The second-order valence-electron chi connectivity index (χ2n) is 7.95. The van der Waals surface area contributed by atoms with Crippen molar-refractivity contribution in [1.82, 2.24) is 9.80 Å². The summed E-state index contributed by atoms with van der Waals surface area (Å²) in [6.07, 6.45) is 4.56. The Labute approximate surface area is 172 Å². The molecule has 2 aromatic carbocycles. The average Bonchev–Trinajstić information content (AvgIpc) is 3.19. The van der Waals surface area contributed by atoms with E-state index in [-0.39, 0.29) is 12.0 Å². The van der Waals surface area contributed by atoms with Crippen LogP contribution in [0.4, 0.5) is 0 Å². The molecule has 0 saturated carbocycles. The van der Waals surface area contributed by atoms with Crippen LogP contribution in [0.25, 0.3) is 6.08 Å². The predicted molar refractivity (Wildman–Crippen MR) is 115 cm³/mol. The summed E-state index contributed by atoms with van der Waals surface area (Å²) in [5, 5.41) is 4.42. The number of para-hydroxylation sites is 1. The Hall–Kier alpha value is -2.63. The molecule has 2 unspecified atom stereocenters. The third kappa shape index (κ3) is 4.07. The van der Waals surface area contributed by atoms with E-state index in [9.17, 15) is 0 Å². The number of ether oxygens (including phenoxy) is 1. The Morgan fingerprint density at radius 3 is 2.55 bits per heavy atom. The summed E-state index contributed by atoms with van der Waals surface area (Å²) in [7, 11) is 0. The standard InChI is InChI=1S/C24H27N3O2/c1-2-7-19(8-3-1)9-6-12-26-13-15-27(16-14-26)17-23-21-18-28-22-11-5-4-10-20(22)24(21)25-29-23/h1-11,21,23H,12-18H2/b9-6+. The smallest absolute Gasteiger partial charge is 0.151 e. The van der Waals surface area contributed by atoms with E-state index in [4.69, 9.17) is 9.57 Å². The number of benzene rings is 2. The number of oxime groups is 1. The third-order valence-corrected chi connectivity index (χ3v) is 6.04. The third-order valence-electron chi connectivity index (χ3n) is 6.04. The van der Waals surface area contributed by atoms with Gasteiger partial charge in [0.15, 0.2) is 6.10 Å². The van der Waals surface area contributed by atoms with Gasteiger partial charge in [0.05, 0.1) is 5.92 Å². The maximum absolute atomic E-state index is 5.96. The SMILES string of the molecule is C(=C\c1ccccc1)/CN1CCN(CC2ON=C3c4ccccc4OCC32)CC1. The Morgan fingerprint density at radius 2 is 1.69 bits per heavy atom. The molecule has 0 bridgehead atoms. The molecule has 5 heteroatoms. The van der Waals surface area contributed by atoms with E-state index in [2.05, 4.69) is 63.5 Å². The minimum Gasteiger partial charge on any atom is -0.492 e. The minimum absolute atomic E-state index is 0.0860. The van der Waals surface area contributed by atoms with Gasteiger partial charge in [0.1, 0.15) is 18.1 Å². The lowest BCUT2D eigenvalue weighted by Crippen LogP contribution is -2.50. The highest BCUT2D eigenvalue weighted by atomic mass is 16.6. The highest BCUT2D eigenvalue weighted by Crippen LogP contribution is 2.33. The van der Waals surface area contributed by atoms with Gasteiger partial charge in [-0.2, -0.15) is 0 Å². The lowest BCUT2D eigenvalue weighted by molar-refractivity contribution is 0.0103. The van der Waals surface area contributed by atoms with Gasteiger partial charge in [0.2, 0.25) is 0 Å². The fraction of sp³-hybridized carbons (Fsp3) is 0.375. The summed E-state index contributed by atoms with van der Waals surface area (Å²) in [5.41, 5.74) is 3.40. The van der Waals surface area contributed by atoms with Crippen LogP contribution in [0.5, 0.6) is 5.75 Å². The van der Waals surface area contributed by atoms with E-state index in [0.717, 1.165) is 56.3 Å². The first-order valence-corrected chi connectivity index (χ1v) is 10.5. The van der Waals surface area contributed by atoms with Gasteiger partial charge in [0, 0.05) is 44.8 Å². The van der Waals surface area contributed by atoms with E-state index < -0.39 is 0 Å². The number of rotatable bonds is 5. The quantitative estimate of drug-likeness (QED) is 0.787. The summed E-state index contributed by atoms with van der Waals surface area (Å²) in [6.45, 7) is 6.88. The zero-order valence-corrected chi connectivity index (χ0v) is 16.6. The number of piperazine rings is 1. The van der Waals surface area contributed by atoms with E-state index in [1.807, 2.05) is 18.2 Å². The van der Waals surface area contributed by atoms with Gasteiger partial charge in [0.25, 0.3) is 0 Å². The first-order valence-electron chi connectivity index (χ1n) is 10.5. The van der Waals surface area contributed by atoms with Crippen molar-refractivity contribution >= 4 is 11.8 Å². The van der Waals surface area contributed by atoms with Gasteiger partial charge in [-0.05, 0) is 17.7 Å². The fourth-order valence-corrected chi connectivity index (χ4v) is 4.33. The monoisotopic (exact) mass is 389 g/mol. The van der Waals surface area contributed by atoms with E-state index >= 15 is 0 Å². The van der Waals surface area contributed by atoms with Crippen molar-refractivity contribution in [3.8, 4) is 5.75 Å². The fourth-order valence-electron chi connectivity index (χ4n) is 4.33. The number of nitrogens with zero attached hydrogens (tertiary/aromatic N) is 3. The van der Waals surface area contributed by atoms with Gasteiger partial charge in [-0.25, -0.2) is 0 Å². The van der Waals surface area contributed by atoms with Gasteiger partial charge in [-0.15, -0.1) is 0 Å². The summed E-state index contributed by atoms with van der Waals surface area (Å²) >= 11 is 0. The largest absolute Gasteiger partial charge is 0.492 e. The van der Waals surface area contributed by atoms with Crippen molar-refractivity contribution in [2.24, 2.45) is 11.1 Å². The predicted octanol–water partition coefficient (Wildman–Crippen LogP) is 3.13. The van der Waals surface area contributed by atoms with Crippen LogP contribution in [0.1, 0.15) is 11.1 Å². The molecule has 1 fully saturated rings. The van der Waals surface area contributed by atoms with Crippen LogP contribution in [-0.2, 0) is 4.84 Å². The van der Waals surface area contributed by atoms with Crippen molar-refractivity contribution in [1.29, 1.82) is 0 Å². The van der Waals surface area contributed by atoms with Crippen LogP contribution in [0.3, 0.4) is 0 Å². The Balaban J connectivity index is 1.10. The molecule has 3 heterocycles. The van der Waals surface area contributed by atoms with Crippen LogP contribution in [0, 0.1) is 5.92 Å². The molecule has 2 atom stereocenters. The molecule has 0 aromatic heterocycles. The van der Waals surface area contributed by atoms with E-state index in [0.29, 0.717) is 6.61 Å². The second kappa shape index (κ2) is 8.39. The van der Waals surface area contributed by atoms with E-state index in [1.165, 1.54) is 5.56 Å². The zero-order valence-electron chi connectivity index (χ0n) is 16.6. The Bertz CT molecular complexity index is 888. The number of hydrogen-bond acceptors (Lipinski definition) is 5. The molecule has 3 aliphatic rings. The summed E-state index contributed by atoms with van der Waals surface area (Å²) in [6, 6.07) is 18.6. The second-order valence-corrected chi connectivity index (χ2v) is 7.95. The summed E-state index contributed by atoms with van der Waals surface area (Å²) in [5.74, 6) is 1.15. The first-order chi connectivity index (χ1) is 14.4. The van der Waals surface area contributed by atoms with Crippen molar-refractivity contribution in [2.45, 2.75) is 6.10 Å². The molecule has 5 rings (SSSR count). The Kier molecular flexibility index (Phi) is 5.33. The topological polar surface area (TPSA) is 37.3 Å². The molecule has 0 aliphatic carbocycles. The molecular formula is C24H27N3O2. The van der Waals surface area contributed by atoms with Crippen molar-refractivity contribution in [2.75, 3.05) is 45.9 Å². The Morgan fingerprint density at radius 1 is 0.931 bits per heavy atom. The summed E-state index contributed by atoms with van der Waals surface area (Å²) in [4.78, 5) is 10.9. The number of fused-ring (bicyclic) bond motifs is 3. The highest BCUT2D eigenvalue weighted by Gasteiger charge is 2.40. The highest BCUT2D eigenvalue weighted by molar-refractivity contribution is 6.06. The molecule has 29 heavy (non-hydrogen) atoms. The normalized spacial score (nSPS) is 24.5. The van der Waals surface area contributed by atoms with Crippen molar-refractivity contribution in [3.63, 3.8) is 0 Å². The van der Waals surface area contributed by atoms with Crippen molar-refractivity contribution in [3.05, 3.63) is 71.8 Å². The molecule has 5 nitrogen and oxygen atoms in total. The molecular weight excluding hydrogens is 362 g/mol. The van der Waals surface area contributed by atoms with Gasteiger partial charge in [-0.3, -0.25) is 9.80 Å². The molecule has 2 aromatic rings. The zero-order chi connectivity index (χ0) is 19.5. The average molecular weight is 389 g/mol. The molecule has 0 spiro atoms. The first kappa shape index (κ1) is 18.4. The lowest BCUT2D eigenvalue weighted by atomic mass is 9.90. The molecule has 1 saturated heterocycles. The maximum atomic E-state index is 5.96. The van der Waals surface area contributed by atoms with Crippen LogP contribution in [-0.4, -0.2) is 67.5 Å². The van der Waals surface area contributed by atoms with Crippen LogP contribution < -0.4 is 4.74 Å². The van der Waals surface area contributed by atoms with Gasteiger partial charge < -0.3 is 9.57 Å². The van der Waals surface area contributed by atoms with Crippen molar-refractivity contribution < 1.29 is 9.57 Å². The molecule has 3 aliphatic heterocycles. The lowest BCUT2D eigenvalue weighted by Gasteiger charge is -2.36. The molecule has 0 amide bonds. The van der Waals surface area contributed by atoms with Gasteiger partial charge in [-0.1, -0.05) is 59.8 Å². The molecule has 0 N–H and O–H groups in total. The van der Waals surface area contributed by atoms with Crippen LogP contribution in [0.2, 0.25) is 0 Å². The van der Waals surface area contributed by atoms with Crippen LogP contribution in [0.15, 0.2) is 65.8 Å².